The van der Waals surface area contributed by atoms with Gasteiger partial charge >= 0.3 is 18.2 Å². The number of carbonyl (C=O) groups excluding carboxylic acids is 1. The van der Waals surface area contributed by atoms with Crippen LogP contribution in [0, 0.1) is 0 Å². The van der Waals surface area contributed by atoms with Crippen LogP contribution in [0.15, 0.2) is 34.7 Å². The Bertz CT molecular complexity index is 932. The topological polar surface area (TPSA) is 93.4 Å². The summed E-state index contributed by atoms with van der Waals surface area (Å²) in [5, 5.41) is 6.32. The van der Waals surface area contributed by atoms with Crippen molar-refractivity contribution < 1.29 is 27.2 Å². The molecular formula is C19H22F3N5O3. The number of allylic oxidation sites excluding steroid dienone is 1. The third kappa shape index (κ3) is 5.08. The van der Waals surface area contributed by atoms with Crippen molar-refractivity contribution >= 4 is 11.9 Å². The maximum absolute atomic E-state index is 12.6. The standard InChI is InChI=1S/C19H22F3N5O3/c1-11-5-7-13(27(11)17(28)29-18(2,3)4)10-24-14-8-6-12(9-23-14)15-25-16(30-26-15)19(20,21)22/h6,8-11H,5,7H2,1-4H3,(H,23,24)/b13-10+. The fourth-order valence-corrected chi connectivity index (χ4v) is 2.86. The molecule has 2 aromatic heterocycles. The maximum atomic E-state index is 12.6. The van der Waals surface area contributed by atoms with Crippen molar-refractivity contribution in [1.29, 1.82) is 0 Å². The molecule has 30 heavy (non-hydrogen) atoms. The second kappa shape index (κ2) is 7.96. The highest BCUT2D eigenvalue weighted by atomic mass is 19.4. The van der Waals surface area contributed by atoms with Gasteiger partial charge in [0, 0.05) is 29.7 Å². The minimum atomic E-state index is -4.70. The third-order valence-corrected chi connectivity index (χ3v) is 4.24. The van der Waals surface area contributed by atoms with Crippen molar-refractivity contribution in [3.63, 3.8) is 0 Å². The van der Waals surface area contributed by atoms with Crippen molar-refractivity contribution in [1.82, 2.24) is 20.0 Å². The van der Waals surface area contributed by atoms with Gasteiger partial charge in [-0.15, -0.1) is 0 Å². The van der Waals surface area contributed by atoms with E-state index in [0.29, 0.717) is 12.2 Å². The lowest BCUT2D eigenvalue weighted by atomic mass is 10.2. The Hall–Kier alpha value is -3.11. The van der Waals surface area contributed by atoms with Crippen LogP contribution in [0.25, 0.3) is 11.4 Å². The Balaban J connectivity index is 1.70. The molecule has 11 heteroatoms. The fraction of sp³-hybridized carbons (Fsp3) is 0.474. The van der Waals surface area contributed by atoms with E-state index in [9.17, 15) is 18.0 Å². The minimum Gasteiger partial charge on any atom is -0.443 e. The minimum absolute atomic E-state index is 0.00398. The average Bonchev–Trinajstić information content (AvgIpc) is 3.26. The maximum Gasteiger partial charge on any atom is 0.471 e. The van der Waals surface area contributed by atoms with Crippen LogP contribution in [0.3, 0.4) is 0 Å². The highest BCUT2D eigenvalue weighted by Crippen LogP contribution is 2.30. The number of carbonyl (C=O) groups is 1. The van der Waals surface area contributed by atoms with Crippen LogP contribution in [0.5, 0.6) is 0 Å². The second-order valence-electron chi connectivity index (χ2n) is 7.87. The van der Waals surface area contributed by atoms with Gasteiger partial charge in [0.05, 0.1) is 0 Å². The van der Waals surface area contributed by atoms with Gasteiger partial charge in [0.15, 0.2) is 0 Å². The first-order chi connectivity index (χ1) is 13.9. The number of anilines is 1. The van der Waals surface area contributed by atoms with Crippen LogP contribution in [0.1, 0.15) is 46.4 Å². The number of nitrogens with zero attached hydrogens (tertiary/aromatic N) is 4. The van der Waals surface area contributed by atoms with E-state index in [1.807, 2.05) is 6.92 Å². The number of amides is 1. The number of rotatable bonds is 3. The molecule has 0 spiro atoms. The van der Waals surface area contributed by atoms with E-state index in [1.54, 1.807) is 37.9 Å². The molecule has 0 aromatic carbocycles. The molecule has 0 radical (unpaired) electrons. The van der Waals surface area contributed by atoms with E-state index in [4.69, 9.17) is 4.74 Å². The summed E-state index contributed by atoms with van der Waals surface area (Å²) in [4.78, 5) is 21.6. The summed E-state index contributed by atoms with van der Waals surface area (Å²) in [6.45, 7) is 7.36. The molecule has 1 fully saturated rings. The van der Waals surface area contributed by atoms with Crippen molar-refractivity contribution in [2.75, 3.05) is 5.32 Å². The summed E-state index contributed by atoms with van der Waals surface area (Å²) >= 11 is 0. The Kier molecular flexibility index (Phi) is 5.73. The molecule has 1 aliphatic heterocycles. The van der Waals surface area contributed by atoms with Gasteiger partial charge in [0.1, 0.15) is 11.4 Å². The number of hydrogen-bond donors (Lipinski definition) is 1. The van der Waals surface area contributed by atoms with Crippen LogP contribution >= 0.6 is 0 Å². The van der Waals surface area contributed by atoms with Gasteiger partial charge in [-0.05, 0) is 52.7 Å². The van der Waals surface area contributed by atoms with E-state index >= 15 is 0 Å². The highest BCUT2D eigenvalue weighted by molar-refractivity contribution is 5.71. The first kappa shape index (κ1) is 21.6. The number of hydrogen-bond acceptors (Lipinski definition) is 7. The zero-order chi connectivity index (χ0) is 22.1. The third-order valence-electron chi connectivity index (χ3n) is 4.24. The summed E-state index contributed by atoms with van der Waals surface area (Å²) < 4.78 is 47.4. The van der Waals surface area contributed by atoms with E-state index in [-0.39, 0.29) is 17.4 Å². The lowest BCUT2D eigenvalue weighted by molar-refractivity contribution is -0.159. The molecule has 1 saturated heterocycles. The zero-order valence-electron chi connectivity index (χ0n) is 16.9. The summed E-state index contributed by atoms with van der Waals surface area (Å²) in [6.07, 6.45) is -0.626. The number of halogens is 3. The van der Waals surface area contributed by atoms with E-state index in [0.717, 1.165) is 12.1 Å². The number of ether oxygens (including phenoxy) is 1. The first-order valence-corrected chi connectivity index (χ1v) is 9.29. The summed E-state index contributed by atoms with van der Waals surface area (Å²) in [5.41, 5.74) is 0.434. The van der Waals surface area contributed by atoms with Crippen LogP contribution in [0.2, 0.25) is 0 Å². The van der Waals surface area contributed by atoms with Gasteiger partial charge in [-0.3, -0.25) is 4.90 Å². The molecule has 2 aromatic rings. The normalized spacial score (nSPS) is 18.7. The van der Waals surface area contributed by atoms with Crippen LogP contribution in [-0.4, -0.2) is 37.8 Å². The van der Waals surface area contributed by atoms with Crippen molar-refractivity contribution in [3.8, 4) is 11.4 Å². The van der Waals surface area contributed by atoms with Crippen LogP contribution < -0.4 is 5.32 Å². The number of pyridine rings is 1. The summed E-state index contributed by atoms with van der Waals surface area (Å²) in [7, 11) is 0. The monoisotopic (exact) mass is 425 g/mol. The molecule has 1 N–H and O–H groups in total. The lowest BCUT2D eigenvalue weighted by Crippen LogP contribution is -2.37. The molecule has 3 heterocycles. The van der Waals surface area contributed by atoms with E-state index in [1.165, 1.54) is 12.3 Å². The second-order valence-corrected chi connectivity index (χ2v) is 7.87. The van der Waals surface area contributed by atoms with Crippen molar-refractivity contribution in [2.24, 2.45) is 0 Å². The Morgan fingerprint density at radius 2 is 2.07 bits per heavy atom. The summed E-state index contributed by atoms with van der Waals surface area (Å²) in [6, 6.07) is 3.08. The molecular weight excluding hydrogens is 403 g/mol. The zero-order valence-corrected chi connectivity index (χ0v) is 16.9. The quantitative estimate of drug-likeness (QED) is 0.753. The molecule has 0 bridgehead atoms. The molecule has 162 valence electrons. The van der Waals surface area contributed by atoms with Crippen molar-refractivity contribution in [3.05, 3.63) is 36.1 Å². The number of aromatic nitrogens is 3. The van der Waals surface area contributed by atoms with E-state index < -0.39 is 23.8 Å². The molecule has 3 rings (SSSR count). The van der Waals surface area contributed by atoms with Gasteiger partial charge in [0.25, 0.3) is 0 Å². The van der Waals surface area contributed by atoms with Gasteiger partial charge < -0.3 is 14.6 Å². The van der Waals surface area contributed by atoms with Crippen LogP contribution in [0.4, 0.5) is 23.8 Å². The predicted molar refractivity (Wildman–Crippen MR) is 101 cm³/mol. The smallest absolute Gasteiger partial charge is 0.443 e. The van der Waals surface area contributed by atoms with Gasteiger partial charge in [-0.1, -0.05) is 5.16 Å². The number of alkyl halides is 3. The molecule has 1 atom stereocenters. The molecule has 1 amide bonds. The van der Waals surface area contributed by atoms with Gasteiger partial charge in [-0.2, -0.15) is 18.2 Å². The Labute approximate surface area is 171 Å². The predicted octanol–water partition coefficient (Wildman–Crippen LogP) is 4.82. The average molecular weight is 425 g/mol. The molecule has 8 nitrogen and oxygen atoms in total. The first-order valence-electron chi connectivity index (χ1n) is 9.29. The van der Waals surface area contributed by atoms with E-state index in [2.05, 4.69) is 25.0 Å². The fourth-order valence-electron chi connectivity index (χ4n) is 2.86. The Morgan fingerprint density at radius 3 is 2.63 bits per heavy atom. The molecule has 0 saturated carbocycles. The lowest BCUT2D eigenvalue weighted by Gasteiger charge is -2.27. The Morgan fingerprint density at radius 1 is 1.33 bits per heavy atom. The van der Waals surface area contributed by atoms with Gasteiger partial charge in [0.2, 0.25) is 5.82 Å². The summed E-state index contributed by atoms with van der Waals surface area (Å²) in [5.74, 6) is -1.18. The molecule has 1 unspecified atom stereocenters. The van der Waals surface area contributed by atoms with Crippen molar-refractivity contribution in [2.45, 2.75) is 58.4 Å². The highest BCUT2D eigenvalue weighted by Gasteiger charge is 2.38. The number of likely N-dealkylation sites (tertiary alicyclic amines) is 1. The van der Waals surface area contributed by atoms with Gasteiger partial charge in [-0.25, -0.2) is 9.78 Å². The largest absolute Gasteiger partial charge is 0.471 e. The number of nitrogens with one attached hydrogen (secondary N) is 1. The van der Waals surface area contributed by atoms with Crippen LogP contribution in [-0.2, 0) is 10.9 Å². The molecule has 0 aliphatic carbocycles. The SMILES string of the molecule is CC1CC/C(=C\Nc2ccc(-c3noc(C(F)(F)F)n3)cn2)N1C(=O)OC(C)(C)C. The molecule has 1 aliphatic rings.